The van der Waals surface area contributed by atoms with Gasteiger partial charge in [0.25, 0.3) is 0 Å². The zero-order valence-corrected chi connectivity index (χ0v) is 15.1. The van der Waals surface area contributed by atoms with Crippen LogP contribution in [0.4, 0.5) is 0 Å². The molecule has 0 heterocycles. The quantitative estimate of drug-likeness (QED) is 0.715. The molecule has 3 aliphatic rings. The standard InChI is InChI=1S/C20H37N/c1-15(2)13-20(9-6-7-10-20)14-21-17-12-16-8-11-19(17,5)18(16,3)4/h15-17,21H,6-14H2,1-5H3. The number of fused-ring (bicyclic) bond motifs is 2. The van der Waals surface area contributed by atoms with Gasteiger partial charge in [-0.15, -0.1) is 0 Å². The van der Waals surface area contributed by atoms with Crippen molar-refractivity contribution < 1.29 is 0 Å². The molecule has 122 valence electrons. The number of nitrogens with one attached hydrogen (secondary N) is 1. The molecular formula is C20H37N. The first-order valence-electron chi connectivity index (χ1n) is 9.53. The average molecular weight is 292 g/mol. The molecule has 3 rings (SSSR count). The van der Waals surface area contributed by atoms with E-state index in [9.17, 15) is 0 Å². The van der Waals surface area contributed by atoms with Gasteiger partial charge in [-0.3, -0.25) is 0 Å². The molecule has 0 saturated heterocycles. The fraction of sp³-hybridized carbons (Fsp3) is 1.00. The minimum atomic E-state index is 0.537. The maximum Gasteiger partial charge on any atom is 0.0129 e. The summed E-state index contributed by atoms with van der Waals surface area (Å²) in [6.45, 7) is 13.7. The second-order valence-corrected chi connectivity index (χ2v) is 9.85. The van der Waals surface area contributed by atoms with Gasteiger partial charge in [-0.05, 0) is 66.6 Å². The van der Waals surface area contributed by atoms with Gasteiger partial charge in [-0.2, -0.15) is 0 Å². The fourth-order valence-electron chi connectivity index (χ4n) is 6.30. The van der Waals surface area contributed by atoms with Crippen LogP contribution in [0, 0.1) is 28.1 Å². The largest absolute Gasteiger partial charge is 0.313 e. The van der Waals surface area contributed by atoms with Crippen molar-refractivity contribution in [1.29, 1.82) is 0 Å². The summed E-state index contributed by atoms with van der Waals surface area (Å²) in [5.74, 6) is 1.81. The van der Waals surface area contributed by atoms with Gasteiger partial charge >= 0.3 is 0 Å². The summed E-state index contributed by atoms with van der Waals surface area (Å²) in [5, 5.41) is 4.10. The van der Waals surface area contributed by atoms with Crippen LogP contribution in [0.25, 0.3) is 0 Å². The summed E-state index contributed by atoms with van der Waals surface area (Å²) in [6, 6.07) is 0.774. The lowest BCUT2D eigenvalue weighted by atomic mass is 9.69. The van der Waals surface area contributed by atoms with Crippen LogP contribution in [0.2, 0.25) is 0 Å². The molecule has 1 nitrogen and oxygen atoms in total. The number of rotatable bonds is 5. The molecule has 0 radical (unpaired) electrons. The Morgan fingerprint density at radius 1 is 1.05 bits per heavy atom. The molecule has 0 aromatic carbocycles. The van der Waals surface area contributed by atoms with Gasteiger partial charge < -0.3 is 5.32 Å². The fourth-order valence-corrected chi connectivity index (χ4v) is 6.30. The monoisotopic (exact) mass is 291 g/mol. The molecule has 0 aromatic rings. The zero-order valence-electron chi connectivity index (χ0n) is 15.1. The number of hydrogen-bond acceptors (Lipinski definition) is 1. The van der Waals surface area contributed by atoms with Crippen LogP contribution in [0.1, 0.15) is 86.0 Å². The van der Waals surface area contributed by atoms with Crippen molar-refractivity contribution in [3.63, 3.8) is 0 Å². The molecule has 2 bridgehead atoms. The first-order valence-corrected chi connectivity index (χ1v) is 9.53. The highest BCUT2D eigenvalue weighted by molar-refractivity contribution is 5.13. The van der Waals surface area contributed by atoms with Gasteiger partial charge in [-0.25, -0.2) is 0 Å². The van der Waals surface area contributed by atoms with Crippen LogP contribution < -0.4 is 5.32 Å². The lowest BCUT2D eigenvalue weighted by Gasteiger charge is -2.42. The smallest absolute Gasteiger partial charge is 0.0129 e. The summed E-state index contributed by atoms with van der Waals surface area (Å²) in [7, 11) is 0. The third kappa shape index (κ3) is 2.48. The van der Waals surface area contributed by atoms with E-state index >= 15 is 0 Å². The van der Waals surface area contributed by atoms with Gasteiger partial charge in [0.1, 0.15) is 0 Å². The summed E-state index contributed by atoms with van der Waals surface area (Å²) in [6.07, 6.45) is 11.6. The van der Waals surface area contributed by atoms with Crippen molar-refractivity contribution in [2.75, 3.05) is 6.54 Å². The van der Waals surface area contributed by atoms with Crippen molar-refractivity contribution in [1.82, 2.24) is 5.32 Å². The van der Waals surface area contributed by atoms with Crippen LogP contribution in [0.15, 0.2) is 0 Å². The highest BCUT2D eigenvalue weighted by Crippen LogP contribution is 2.65. The summed E-state index contributed by atoms with van der Waals surface area (Å²) in [4.78, 5) is 0. The minimum Gasteiger partial charge on any atom is -0.313 e. The maximum absolute atomic E-state index is 4.10. The number of hydrogen-bond donors (Lipinski definition) is 1. The lowest BCUT2D eigenvalue weighted by Crippen LogP contribution is -2.48. The molecular weight excluding hydrogens is 254 g/mol. The van der Waals surface area contributed by atoms with Gasteiger partial charge in [0.2, 0.25) is 0 Å². The van der Waals surface area contributed by atoms with E-state index in [2.05, 4.69) is 39.9 Å². The molecule has 21 heavy (non-hydrogen) atoms. The van der Waals surface area contributed by atoms with Crippen LogP contribution in [-0.4, -0.2) is 12.6 Å². The third-order valence-electron chi connectivity index (χ3n) is 8.02. The normalized spacial score (nSPS) is 40.3. The lowest BCUT2D eigenvalue weighted by molar-refractivity contribution is 0.108. The molecule has 1 heteroatoms. The summed E-state index contributed by atoms with van der Waals surface area (Å²) < 4.78 is 0. The van der Waals surface area contributed by atoms with E-state index in [0.29, 0.717) is 16.2 Å². The van der Waals surface area contributed by atoms with Crippen LogP contribution in [0.3, 0.4) is 0 Å². The van der Waals surface area contributed by atoms with Gasteiger partial charge in [0, 0.05) is 12.6 Å². The Morgan fingerprint density at radius 2 is 1.71 bits per heavy atom. The Kier molecular flexibility index (Phi) is 3.96. The van der Waals surface area contributed by atoms with E-state index in [0.717, 1.165) is 17.9 Å². The topological polar surface area (TPSA) is 12.0 Å². The second kappa shape index (κ2) is 5.25. The van der Waals surface area contributed by atoms with Crippen LogP contribution in [0.5, 0.6) is 0 Å². The summed E-state index contributed by atoms with van der Waals surface area (Å²) >= 11 is 0. The SMILES string of the molecule is CC(C)CC1(CNC2CC3CCC2(C)C3(C)C)CCCC1. The van der Waals surface area contributed by atoms with Crippen molar-refractivity contribution in [3.05, 3.63) is 0 Å². The molecule has 0 amide bonds. The van der Waals surface area contributed by atoms with E-state index in [1.807, 2.05) is 0 Å². The molecule has 0 aromatic heterocycles. The Hall–Kier alpha value is -0.0400. The van der Waals surface area contributed by atoms with Gasteiger partial charge in [0.05, 0.1) is 0 Å². The minimum absolute atomic E-state index is 0.537. The maximum atomic E-state index is 4.10. The molecule has 3 fully saturated rings. The van der Waals surface area contributed by atoms with Gasteiger partial charge in [-0.1, -0.05) is 47.5 Å². The van der Waals surface area contributed by atoms with E-state index in [4.69, 9.17) is 0 Å². The van der Waals surface area contributed by atoms with Crippen molar-refractivity contribution >= 4 is 0 Å². The second-order valence-electron chi connectivity index (χ2n) is 9.85. The first-order chi connectivity index (χ1) is 9.79. The molecule has 3 aliphatic carbocycles. The molecule has 1 N–H and O–H groups in total. The molecule has 0 spiro atoms. The van der Waals surface area contributed by atoms with E-state index in [1.54, 1.807) is 0 Å². The Balaban J connectivity index is 1.65. The molecule has 3 atom stereocenters. The highest BCUT2D eigenvalue weighted by atomic mass is 15.0. The summed E-state index contributed by atoms with van der Waals surface area (Å²) in [5.41, 5.74) is 1.71. The molecule has 0 aliphatic heterocycles. The zero-order chi connectivity index (χ0) is 15.3. The van der Waals surface area contributed by atoms with Crippen molar-refractivity contribution in [3.8, 4) is 0 Å². The van der Waals surface area contributed by atoms with E-state index in [-0.39, 0.29) is 0 Å². The predicted molar refractivity (Wildman–Crippen MR) is 91.4 cm³/mol. The van der Waals surface area contributed by atoms with Crippen LogP contribution >= 0.6 is 0 Å². The van der Waals surface area contributed by atoms with Crippen molar-refractivity contribution in [2.45, 2.75) is 92.0 Å². The molecule has 3 unspecified atom stereocenters. The van der Waals surface area contributed by atoms with Gasteiger partial charge in [0.15, 0.2) is 0 Å². The Morgan fingerprint density at radius 3 is 2.19 bits per heavy atom. The highest BCUT2D eigenvalue weighted by Gasteiger charge is 2.61. The first kappa shape index (κ1) is 15.8. The Labute approximate surface area is 132 Å². The van der Waals surface area contributed by atoms with E-state index < -0.39 is 0 Å². The van der Waals surface area contributed by atoms with Crippen LogP contribution in [-0.2, 0) is 0 Å². The van der Waals surface area contributed by atoms with E-state index in [1.165, 1.54) is 57.9 Å². The molecule has 3 saturated carbocycles. The average Bonchev–Trinajstić information content (AvgIpc) is 2.98. The predicted octanol–water partition coefficient (Wildman–Crippen LogP) is 5.40. The van der Waals surface area contributed by atoms with Crippen molar-refractivity contribution in [2.24, 2.45) is 28.1 Å². The Bertz CT molecular complexity index is 377. The third-order valence-corrected chi connectivity index (χ3v) is 8.02.